The summed E-state index contributed by atoms with van der Waals surface area (Å²) in [5.41, 5.74) is -0.104. The van der Waals surface area contributed by atoms with Crippen LogP contribution in [0.2, 0.25) is 0 Å². The zero-order chi connectivity index (χ0) is 15.5. The van der Waals surface area contributed by atoms with Crippen LogP contribution in [0.15, 0.2) is 0 Å². The van der Waals surface area contributed by atoms with Crippen molar-refractivity contribution in [3.8, 4) is 0 Å². The Balaban J connectivity index is 1.89. The molecule has 0 aliphatic carbocycles. The van der Waals surface area contributed by atoms with E-state index in [1.54, 1.807) is 0 Å². The lowest BCUT2D eigenvalue weighted by Crippen LogP contribution is -2.55. The Bertz CT molecular complexity index is 350. The average molecular weight is 295 g/mol. The lowest BCUT2D eigenvalue weighted by molar-refractivity contribution is -0.128. The first-order chi connectivity index (χ1) is 9.93. The molecule has 0 aromatic heterocycles. The van der Waals surface area contributed by atoms with Gasteiger partial charge < -0.3 is 10.6 Å². The Labute approximate surface area is 130 Å². The molecule has 0 aromatic rings. The van der Waals surface area contributed by atoms with E-state index < -0.39 is 0 Å². The zero-order valence-electron chi connectivity index (χ0n) is 14.2. The molecule has 0 saturated carbocycles. The summed E-state index contributed by atoms with van der Waals surface area (Å²) in [4.78, 5) is 14.9. The second-order valence-corrected chi connectivity index (χ2v) is 7.50. The highest BCUT2D eigenvalue weighted by Crippen LogP contribution is 2.26. The van der Waals surface area contributed by atoms with Gasteiger partial charge in [0.1, 0.15) is 0 Å². The first kappa shape index (κ1) is 16.8. The lowest BCUT2D eigenvalue weighted by atomic mass is 9.89. The predicted octanol–water partition coefficient (Wildman–Crippen LogP) is 2.14. The number of nitrogens with zero attached hydrogens (tertiary/aromatic N) is 1. The molecule has 0 aromatic carbocycles. The first-order valence-electron chi connectivity index (χ1n) is 8.72. The van der Waals surface area contributed by atoms with Gasteiger partial charge in [-0.05, 0) is 71.9 Å². The van der Waals surface area contributed by atoms with Gasteiger partial charge in [-0.25, -0.2) is 0 Å². The number of carbonyl (C=O) groups is 1. The molecular formula is C17H33N3O. The van der Waals surface area contributed by atoms with Gasteiger partial charge in [-0.15, -0.1) is 0 Å². The topological polar surface area (TPSA) is 44.4 Å². The van der Waals surface area contributed by atoms with Crippen LogP contribution >= 0.6 is 0 Å². The van der Waals surface area contributed by atoms with Gasteiger partial charge in [-0.1, -0.05) is 6.92 Å². The van der Waals surface area contributed by atoms with Crippen molar-refractivity contribution >= 4 is 5.91 Å². The van der Waals surface area contributed by atoms with Gasteiger partial charge in [0, 0.05) is 18.1 Å². The number of hydrogen-bond donors (Lipinski definition) is 2. The maximum atomic E-state index is 12.5. The number of piperidine rings is 1. The van der Waals surface area contributed by atoms with Crippen molar-refractivity contribution < 1.29 is 4.79 Å². The Kier molecular flexibility index (Phi) is 5.67. The van der Waals surface area contributed by atoms with E-state index in [9.17, 15) is 4.79 Å². The summed E-state index contributed by atoms with van der Waals surface area (Å²) >= 11 is 0. The normalized spacial score (nSPS) is 29.3. The van der Waals surface area contributed by atoms with Crippen LogP contribution in [0, 0.1) is 5.92 Å². The molecular weight excluding hydrogens is 262 g/mol. The van der Waals surface area contributed by atoms with Crippen molar-refractivity contribution in [2.24, 2.45) is 5.92 Å². The second kappa shape index (κ2) is 7.10. The van der Waals surface area contributed by atoms with Crippen LogP contribution in [0.25, 0.3) is 0 Å². The number of rotatable bonds is 5. The maximum Gasteiger partial charge on any atom is 0.237 e. The van der Waals surface area contributed by atoms with E-state index >= 15 is 0 Å². The highest BCUT2D eigenvalue weighted by Gasteiger charge is 2.33. The molecule has 2 rings (SSSR count). The fourth-order valence-corrected chi connectivity index (χ4v) is 3.53. The fourth-order valence-electron chi connectivity index (χ4n) is 3.53. The number of likely N-dealkylation sites (tertiary alicyclic amines) is 1. The summed E-state index contributed by atoms with van der Waals surface area (Å²) in [6, 6.07) is 0.662. The molecule has 3 atom stereocenters. The molecule has 0 radical (unpaired) electrons. The van der Waals surface area contributed by atoms with E-state index in [4.69, 9.17) is 0 Å². The van der Waals surface area contributed by atoms with Gasteiger partial charge in [0.25, 0.3) is 0 Å². The number of hydrogen-bond acceptors (Lipinski definition) is 3. The third-order valence-corrected chi connectivity index (χ3v) is 5.43. The summed E-state index contributed by atoms with van der Waals surface area (Å²) in [5.74, 6) is 0.901. The molecule has 2 fully saturated rings. The molecule has 2 heterocycles. The number of amides is 1. The minimum Gasteiger partial charge on any atom is -0.350 e. The minimum absolute atomic E-state index is 0.0139. The summed E-state index contributed by atoms with van der Waals surface area (Å²) in [6.45, 7) is 11.7. The molecule has 2 N–H and O–H groups in total. The van der Waals surface area contributed by atoms with Crippen LogP contribution in [-0.2, 0) is 4.79 Å². The van der Waals surface area contributed by atoms with Crippen LogP contribution in [0.5, 0.6) is 0 Å². The molecule has 3 unspecified atom stereocenters. The van der Waals surface area contributed by atoms with Gasteiger partial charge in [0.05, 0.1) is 6.04 Å². The van der Waals surface area contributed by atoms with E-state index in [-0.39, 0.29) is 17.5 Å². The molecule has 4 heteroatoms. The highest BCUT2D eigenvalue weighted by atomic mass is 16.2. The van der Waals surface area contributed by atoms with Crippen molar-refractivity contribution in [3.05, 3.63) is 0 Å². The van der Waals surface area contributed by atoms with Crippen LogP contribution in [0.4, 0.5) is 0 Å². The smallest absolute Gasteiger partial charge is 0.237 e. The van der Waals surface area contributed by atoms with E-state index in [0.717, 1.165) is 25.4 Å². The largest absolute Gasteiger partial charge is 0.350 e. The van der Waals surface area contributed by atoms with Crippen molar-refractivity contribution in [1.82, 2.24) is 15.5 Å². The molecule has 2 saturated heterocycles. The van der Waals surface area contributed by atoms with E-state index in [1.165, 1.54) is 32.2 Å². The third-order valence-electron chi connectivity index (χ3n) is 5.43. The van der Waals surface area contributed by atoms with Crippen LogP contribution < -0.4 is 10.6 Å². The van der Waals surface area contributed by atoms with Crippen molar-refractivity contribution in [2.45, 2.75) is 77.4 Å². The second-order valence-electron chi connectivity index (χ2n) is 7.50. The Morgan fingerprint density at radius 2 is 2.14 bits per heavy atom. The molecule has 122 valence electrons. The summed E-state index contributed by atoms with van der Waals surface area (Å²) in [6.07, 6.45) is 6.10. The number of carbonyl (C=O) groups excluding carboxylic acids is 1. The van der Waals surface area contributed by atoms with Crippen LogP contribution in [0.1, 0.15) is 59.8 Å². The van der Waals surface area contributed by atoms with Crippen LogP contribution in [0.3, 0.4) is 0 Å². The van der Waals surface area contributed by atoms with Gasteiger partial charge in [-0.3, -0.25) is 9.69 Å². The SMILES string of the molecule is CCC(C)(C)NC(=O)C(C)N1CCCC(C2CCCN2)C1. The van der Waals surface area contributed by atoms with E-state index in [2.05, 4.69) is 43.2 Å². The molecule has 2 aliphatic heterocycles. The molecule has 0 bridgehead atoms. The van der Waals surface area contributed by atoms with Crippen molar-refractivity contribution in [2.75, 3.05) is 19.6 Å². The van der Waals surface area contributed by atoms with Gasteiger partial charge in [0.2, 0.25) is 5.91 Å². The van der Waals surface area contributed by atoms with E-state index in [0.29, 0.717) is 6.04 Å². The lowest BCUT2D eigenvalue weighted by Gasteiger charge is -2.39. The zero-order valence-corrected chi connectivity index (χ0v) is 14.2. The monoisotopic (exact) mass is 295 g/mol. The minimum atomic E-state index is -0.104. The fraction of sp³-hybridized carbons (Fsp3) is 0.941. The molecule has 0 spiro atoms. The summed E-state index contributed by atoms with van der Waals surface area (Å²) in [5, 5.41) is 6.83. The highest BCUT2D eigenvalue weighted by molar-refractivity contribution is 5.82. The van der Waals surface area contributed by atoms with Gasteiger partial charge >= 0.3 is 0 Å². The number of nitrogens with one attached hydrogen (secondary N) is 2. The Hall–Kier alpha value is -0.610. The Morgan fingerprint density at radius 3 is 2.76 bits per heavy atom. The standard InChI is InChI=1S/C17H33N3O/c1-5-17(3,4)19-16(21)13(2)20-11-7-8-14(12-20)15-9-6-10-18-15/h13-15,18H,5-12H2,1-4H3,(H,19,21). The summed E-state index contributed by atoms with van der Waals surface area (Å²) < 4.78 is 0. The van der Waals surface area contributed by atoms with Gasteiger partial charge in [0.15, 0.2) is 0 Å². The maximum absolute atomic E-state index is 12.5. The average Bonchev–Trinajstić information content (AvgIpc) is 3.00. The molecule has 1 amide bonds. The Morgan fingerprint density at radius 1 is 1.38 bits per heavy atom. The van der Waals surface area contributed by atoms with Gasteiger partial charge in [-0.2, -0.15) is 0 Å². The van der Waals surface area contributed by atoms with Crippen LogP contribution in [-0.4, -0.2) is 48.1 Å². The molecule has 4 nitrogen and oxygen atoms in total. The van der Waals surface area contributed by atoms with E-state index in [1.807, 2.05) is 0 Å². The molecule has 2 aliphatic rings. The van der Waals surface area contributed by atoms with Crippen molar-refractivity contribution in [3.63, 3.8) is 0 Å². The molecule has 21 heavy (non-hydrogen) atoms. The predicted molar refractivity (Wildman–Crippen MR) is 87.3 cm³/mol. The summed E-state index contributed by atoms with van der Waals surface area (Å²) in [7, 11) is 0. The first-order valence-corrected chi connectivity index (χ1v) is 8.72. The quantitative estimate of drug-likeness (QED) is 0.817. The third kappa shape index (κ3) is 4.43. The van der Waals surface area contributed by atoms with Crippen molar-refractivity contribution in [1.29, 1.82) is 0 Å².